The molecule has 252 valence electrons. The lowest BCUT2D eigenvalue weighted by molar-refractivity contribution is -0.911. The predicted octanol–water partition coefficient (Wildman–Crippen LogP) is 3.66. The Hall–Kier alpha value is -4.85. The number of nitrogens with zero attached hydrogens (tertiary/aromatic N) is 1. The maximum absolute atomic E-state index is 15.3. The Morgan fingerprint density at radius 2 is 1.60 bits per heavy atom. The maximum Gasteiger partial charge on any atom is 0.240 e. The van der Waals surface area contributed by atoms with Crippen LogP contribution in [-0.2, 0) is 9.59 Å². The summed E-state index contributed by atoms with van der Waals surface area (Å²) in [7, 11) is 1.53. The summed E-state index contributed by atoms with van der Waals surface area (Å²) in [6.45, 7) is 2.46. The number of hydrogen-bond donors (Lipinski definition) is 5. The van der Waals surface area contributed by atoms with Crippen molar-refractivity contribution in [3.8, 4) is 23.0 Å². The highest BCUT2D eigenvalue weighted by molar-refractivity contribution is 6.16. The first-order valence-corrected chi connectivity index (χ1v) is 15.8. The number of fused-ring (bicyclic) bond motifs is 1. The number of aliphatic hydroxyl groups is 2. The summed E-state index contributed by atoms with van der Waals surface area (Å²) in [4.78, 5) is 31.5. The van der Waals surface area contributed by atoms with Crippen LogP contribution in [0.3, 0.4) is 0 Å². The normalized spacial score (nSPS) is 18.3. The molecule has 1 aliphatic heterocycles. The standard InChI is InChI=1S/C35H36F2N4O7/c1-46-30-17-25-27(18-31(30)47-20-21-9-14-41(15-10-21)19-32(42)43)38-13-8-28(25)48-29-7-6-24(16-26(29)37)40-34(45)35(11-12-35)33(44)39-23-4-2-22(36)3-5-23/h2-8,13,16-18,21,32,42-43H,9-12,14-15,19-20H2,1H3,(H,39,44)(H,40,45)/p+1. The SMILES string of the molecule is COc1cc2c(Oc3ccc(NC(=O)C4(C(=O)Nc5ccc(F)cc5)CC4)cc3F)ccnc2cc1OCC1CC[NH+](CC(O)O)CC1. The number of aromatic nitrogens is 1. The highest BCUT2D eigenvalue weighted by Gasteiger charge is 2.56. The number of halogens is 2. The Kier molecular flexibility index (Phi) is 9.71. The second-order valence-electron chi connectivity index (χ2n) is 12.3. The summed E-state index contributed by atoms with van der Waals surface area (Å²) in [6.07, 6.45) is 2.69. The number of ether oxygens (including phenoxy) is 3. The van der Waals surface area contributed by atoms with Crippen LogP contribution in [0, 0.1) is 23.0 Å². The van der Waals surface area contributed by atoms with E-state index in [0.717, 1.165) is 36.9 Å². The molecule has 5 N–H and O–H groups in total. The number of carbonyl (C=O) groups is 2. The number of aliphatic hydroxyl groups excluding tert-OH is 1. The lowest BCUT2D eigenvalue weighted by Gasteiger charge is -2.29. The van der Waals surface area contributed by atoms with Crippen LogP contribution in [0.25, 0.3) is 10.9 Å². The molecule has 1 saturated carbocycles. The molecule has 0 unspecified atom stereocenters. The van der Waals surface area contributed by atoms with Gasteiger partial charge in [-0.1, -0.05) is 0 Å². The van der Waals surface area contributed by atoms with E-state index in [9.17, 15) is 24.2 Å². The lowest BCUT2D eigenvalue weighted by atomic mass is 9.98. The third-order valence-corrected chi connectivity index (χ3v) is 8.88. The van der Waals surface area contributed by atoms with E-state index >= 15 is 4.39 Å². The van der Waals surface area contributed by atoms with Crippen LogP contribution in [0.5, 0.6) is 23.0 Å². The van der Waals surface area contributed by atoms with Crippen LogP contribution >= 0.6 is 0 Å². The van der Waals surface area contributed by atoms with E-state index < -0.39 is 35.2 Å². The van der Waals surface area contributed by atoms with Crippen molar-refractivity contribution in [2.75, 3.05) is 44.0 Å². The van der Waals surface area contributed by atoms with Crippen LogP contribution in [0.2, 0.25) is 0 Å². The molecule has 2 heterocycles. The Bertz CT molecular complexity index is 1790. The first-order valence-electron chi connectivity index (χ1n) is 15.8. The van der Waals surface area contributed by atoms with Crippen molar-refractivity contribution in [3.05, 3.63) is 78.5 Å². The summed E-state index contributed by atoms with van der Waals surface area (Å²) in [6, 6.07) is 14.3. The molecular formula is C35H37F2N4O7+. The fourth-order valence-corrected chi connectivity index (χ4v) is 5.91. The molecule has 2 amide bonds. The molecular weight excluding hydrogens is 626 g/mol. The Morgan fingerprint density at radius 1 is 0.917 bits per heavy atom. The molecule has 1 aliphatic carbocycles. The van der Waals surface area contributed by atoms with Gasteiger partial charge in [-0.2, -0.15) is 0 Å². The molecule has 2 fully saturated rings. The topological polar surface area (TPSA) is 144 Å². The van der Waals surface area contributed by atoms with Crippen molar-refractivity contribution in [1.82, 2.24) is 4.98 Å². The summed E-state index contributed by atoms with van der Waals surface area (Å²) in [5, 5.41) is 24.3. The van der Waals surface area contributed by atoms with Gasteiger partial charge in [0, 0.05) is 53.9 Å². The minimum absolute atomic E-state index is 0.0860. The van der Waals surface area contributed by atoms with Gasteiger partial charge in [-0.25, -0.2) is 8.78 Å². The van der Waals surface area contributed by atoms with Crippen molar-refractivity contribution < 1.29 is 47.7 Å². The van der Waals surface area contributed by atoms with Crippen molar-refractivity contribution in [2.45, 2.75) is 32.0 Å². The number of benzene rings is 3. The highest BCUT2D eigenvalue weighted by Crippen LogP contribution is 2.47. The number of amides is 2. The van der Waals surface area contributed by atoms with Crippen molar-refractivity contribution in [1.29, 1.82) is 0 Å². The molecule has 48 heavy (non-hydrogen) atoms. The summed E-state index contributed by atoms with van der Waals surface area (Å²) < 4.78 is 46.2. The summed E-state index contributed by atoms with van der Waals surface area (Å²) >= 11 is 0. The number of methoxy groups -OCH3 is 1. The monoisotopic (exact) mass is 663 g/mol. The number of hydrogen-bond acceptors (Lipinski definition) is 8. The number of likely N-dealkylation sites (tertiary alicyclic amines) is 1. The van der Waals surface area contributed by atoms with Gasteiger partial charge in [0.15, 0.2) is 23.1 Å². The van der Waals surface area contributed by atoms with Crippen molar-refractivity contribution in [3.63, 3.8) is 0 Å². The molecule has 0 radical (unpaired) electrons. The molecule has 2 aliphatic rings. The van der Waals surface area contributed by atoms with E-state index in [2.05, 4.69) is 15.6 Å². The van der Waals surface area contributed by atoms with Crippen LogP contribution in [0.15, 0.2) is 66.9 Å². The van der Waals surface area contributed by atoms with Gasteiger partial charge < -0.3 is 40.0 Å². The fraction of sp³-hybridized carbons (Fsp3) is 0.343. The van der Waals surface area contributed by atoms with E-state index in [1.165, 1.54) is 43.5 Å². The zero-order chi connectivity index (χ0) is 33.8. The maximum atomic E-state index is 15.3. The summed E-state index contributed by atoms with van der Waals surface area (Å²) in [5.41, 5.74) is -0.210. The second-order valence-corrected chi connectivity index (χ2v) is 12.3. The van der Waals surface area contributed by atoms with Gasteiger partial charge in [-0.15, -0.1) is 0 Å². The first-order chi connectivity index (χ1) is 23.1. The third-order valence-electron chi connectivity index (χ3n) is 8.88. The fourth-order valence-electron chi connectivity index (χ4n) is 5.91. The average molecular weight is 664 g/mol. The van der Waals surface area contributed by atoms with E-state index in [1.54, 1.807) is 24.4 Å². The molecule has 13 heteroatoms. The number of quaternary nitrogens is 1. The van der Waals surface area contributed by atoms with Crippen LogP contribution in [0.1, 0.15) is 25.7 Å². The Morgan fingerprint density at radius 3 is 2.25 bits per heavy atom. The van der Waals surface area contributed by atoms with Crippen molar-refractivity contribution >= 4 is 34.1 Å². The number of nitrogens with one attached hydrogen (secondary N) is 3. The quantitative estimate of drug-likeness (QED) is 0.114. The van der Waals surface area contributed by atoms with Gasteiger partial charge in [0.25, 0.3) is 0 Å². The van der Waals surface area contributed by atoms with E-state index in [0.29, 0.717) is 65.8 Å². The molecule has 4 aromatic rings. The zero-order valence-electron chi connectivity index (χ0n) is 26.3. The minimum atomic E-state index is -1.31. The van der Waals surface area contributed by atoms with Gasteiger partial charge in [0.05, 0.1) is 32.3 Å². The van der Waals surface area contributed by atoms with E-state index in [4.69, 9.17) is 14.2 Å². The van der Waals surface area contributed by atoms with Gasteiger partial charge in [-0.3, -0.25) is 14.6 Å². The number of carbonyl (C=O) groups excluding carboxylic acids is 2. The highest BCUT2D eigenvalue weighted by atomic mass is 19.1. The lowest BCUT2D eigenvalue weighted by Crippen LogP contribution is -3.14. The zero-order valence-corrected chi connectivity index (χ0v) is 26.3. The van der Waals surface area contributed by atoms with Gasteiger partial charge in [-0.05, 0) is 61.4 Å². The average Bonchev–Trinajstić information content (AvgIpc) is 3.89. The van der Waals surface area contributed by atoms with Gasteiger partial charge in [0.2, 0.25) is 18.1 Å². The molecule has 3 aromatic carbocycles. The molecule has 0 bridgehead atoms. The van der Waals surface area contributed by atoms with Crippen molar-refractivity contribution in [2.24, 2.45) is 11.3 Å². The Labute approximate surface area is 275 Å². The van der Waals surface area contributed by atoms with Gasteiger partial charge >= 0.3 is 0 Å². The molecule has 6 rings (SSSR count). The largest absolute Gasteiger partial charge is 0.493 e. The molecule has 0 atom stereocenters. The molecule has 1 aromatic heterocycles. The first kappa shape index (κ1) is 33.1. The number of rotatable bonds is 12. The summed E-state index contributed by atoms with van der Waals surface area (Å²) in [5.74, 6) is -0.711. The molecule has 1 saturated heterocycles. The smallest absolute Gasteiger partial charge is 0.240 e. The van der Waals surface area contributed by atoms with Crippen LogP contribution < -0.4 is 29.7 Å². The second kappa shape index (κ2) is 14.1. The van der Waals surface area contributed by atoms with E-state index in [-0.39, 0.29) is 11.4 Å². The van der Waals surface area contributed by atoms with E-state index in [1.807, 2.05) is 0 Å². The van der Waals surface area contributed by atoms with Crippen LogP contribution in [-0.4, -0.2) is 66.7 Å². The van der Waals surface area contributed by atoms with Gasteiger partial charge in [0.1, 0.15) is 23.5 Å². The number of pyridine rings is 1. The molecule has 0 spiro atoms. The third kappa shape index (κ3) is 7.48. The molecule has 11 nitrogen and oxygen atoms in total. The number of anilines is 2. The van der Waals surface area contributed by atoms with Crippen LogP contribution in [0.4, 0.5) is 20.2 Å². The Balaban J connectivity index is 1.10. The minimum Gasteiger partial charge on any atom is -0.493 e. The predicted molar refractivity (Wildman–Crippen MR) is 172 cm³/mol. The number of piperidine rings is 1.